The fraction of sp³-hybridized carbons (Fsp3) is 0.208. The van der Waals surface area contributed by atoms with Crippen molar-refractivity contribution < 1.29 is 9.59 Å². The highest BCUT2D eigenvalue weighted by molar-refractivity contribution is 6.31. The molecule has 0 aliphatic rings. The number of rotatable bonds is 9. The van der Waals surface area contributed by atoms with E-state index in [-0.39, 0.29) is 11.8 Å². The smallest absolute Gasteiger partial charge is 0.244 e. The van der Waals surface area contributed by atoms with E-state index in [9.17, 15) is 9.59 Å². The minimum Gasteiger partial charge on any atom is -0.354 e. The summed E-state index contributed by atoms with van der Waals surface area (Å²) >= 11 is 6.46. The summed E-state index contributed by atoms with van der Waals surface area (Å²) in [5.41, 5.74) is 3.50. The molecule has 2 amide bonds. The number of nitrogens with zero attached hydrogens (tertiary/aromatic N) is 2. The third kappa shape index (κ3) is 6.83. The standard InChI is InChI=1S/C24H25ClN4O2/c1-18-21(24(25)29(28-18)17-20-10-6-3-7-11-20)12-13-22(30)26-14-15-27-23(31)16-19-8-4-2-5-9-19/h2-13H,14-17H2,1H3,(H,26,30)(H,27,31)/b13-12+. The molecule has 7 heteroatoms. The quantitative estimate of drug-likeness (QED) is 0.399. The maximum absolute atomic E-state index is 12.1. The van der Waals surface area contributed by atoms with Crippen LogP contribution in [0.5, 0.6) is 0 Å². The highest BCUT2D eigenvalue weighted by atomic mass is 35.5. The van der Waals surface area contributed by atoms with Crippen LogP contribution < -0.4 is 10.6 Å². The Balaban J connectivity index is 1.45. The van der Waals surface area contributed by atoms with Gasteiger partial charge in [-0.05, 0) is 24.1 Å². The number of carbonyl (C=O) groups excluding carboxylic acids is 2. The molecule has 1 heterocycles. The first-order valence-electron chi connectivity index (χ1n) is 10.1. The second-order valence-electron chi connectivity index (χ2n) is 7.07. The molecule has 2 N–H and O–H groups in total. The number of amides is 2. The van der Waals surface area contributed by atoms with Crippen molar-refractivity contribution in [1.29, 1.82) is 0 Å². The van der Waals surface area contributed by atoms with Crippen LogP contribution in [0.2, 0.25) is 5.15 Å². The average molecular weight is 437 g/mol. The van der Waals surface area contributed by atoms with Crippen LogP contribution in [0.4, 0.5) is 0 Å². The van der Waals surface area contributed by atoms with Gasteiger partial charge in [-0.15, -0.1) is 0 Å². The van der Waals surface area contributed by atoms with Gasteiger partial charge >= 0.3 is 0 Å². The monoisotopic (exact) mass is 436 g/mol. The first kappa shape index (κ1) is 22.3. The van der Waals surface area contributed by atoms with Crippen molar-refractivity contribution >= 4 is 29.5 Å². The molecule has 0 aliphatic carbocycles. The molecule has 160 valence electrons. The van der Waals surface area contributed by atoms with Gasteiger partial charge in [0.05, 0.1) is 18.7 Å². The molecule has 0 aliphatic heterocycles. The molecule has 0 unspecified atom stereocenters. The molecule has 0 saturated carbocycles. The van der Waals surface area contributed by atoms with Gasteiger partial charge in [0.25, 0.3) is 0 Å². The van der Waals surface area contributed by atoms with E-state index in [1.807, 2.05) is 67.6 Å². The molecular formula is C24H25ClN4O2. The first-order valence-corrected chi connectivity index (χ1v) is 10.4. The number of aromatic nitrogens is 2. The van der Waals surface area contributed by atoms with Crippen molar-refractivity contribution in [2.45, 2.75) is 19.9 Å². The third-order valence-corrected chi connectivity index (χ3v) is 5.04. The Morgan fingerprint density at radius 3 is 2.26 bits per heavy atom. The highest BCUT2D eigenvalue weighted by Crippen LogP contribution is 2.22. The van der Waals surface area contributed by atoms with Gasteiger partial charge in [0, 0.05) is 24.7 Å². The maximum atomic E-state index is 12.1. The Morgan fingerprint density at radius 2 is 1.58 bits per heavy atom. The summed E-state index contributed by atoms with van der Waals surface area (Å²) < 4.78 is 1.71. The van der Waals surface area contributed by atoms with E-state index in [1.54, 1.807) is 10.8 Å². The number of halogens is 1. The van der Waals surface area contributed by atoms with Crippen LogP contribution in [0, 0.1) is 6.92 Å². The SMILES string of the molecule is Cc1nn(Cc2ccccc2)c(Cl)c1/C=C/C(=O)NCCNC(=O)Cc1ccccc1. The van der Waals surface area contributed by atoms with Gasteiger partial charge < -0.3 is 10.6 Å². The maximum Gasteiger partial charge on any atom is 0.244 e. The van der Waals surface area contributed by atoms with Crippen molar-refractivity contribution in [3.63, 3.8) is 0 Å². The van der Waals surface area contributed by atoms with E-state index in [4.69, 9.17) is 11.6 Å². The van der Waals surface area contributed by atoms with Gasteiger partial charge in [-0.3, -0.25) is 9.59 Å². The summed E-state index contributed by atoms with van der Waals surface area (Å²) in [4.78, 5) is 24.0. The van der Waals surface area contributed by atoms with Crippen LogP contribution in [-0.2, 0) is 22.6 Å². The van der Waals surface area contributed by atoms with Crippen LogP contribution in [0.1, 0.15) is 22.4 Å². The van der Waals surface area contributed by atoms with Gasteiger partial charge in [0.2, 0.25) is 11.8 Å². The van der Waals surface area contributed by atoms with Gasteiger partial charge in [0.15, 0.2) is 0 Å². The van der Waals surface area contributed by atoms with Crippen molar-refractivity contribution in [3.05, 3.63) is 94.3 Å². The molecule has 2 aromatic carbocycles. The molecule has 31 heavy (non-hydrogen) atoms. The number of aryl methyl sites for hydroxylation is 1. The molecule has 0 radical (unpaired) electrons. The molecule has 1 aromatic heterocycles. The van der Waals surface area contributed by atoms with Gasteiger partial charge in [0.1, 0.15) is 5.15 Å². The number of hydrogen-bond donors (Lipinski definition) is 2. The van der Waals surface area contributed by atoms with Crippen LogP contribution in [0.25, 0.3) is 6.08 Å². The second kappa shape index (κ2) is 11.1. The zero-order chi connectivity index (χ0) is 22.1. The largest absolute Gasteiger partial charge is 0.354 e. The van der Waals surface area contributed by atoms with Gasteiger partial charge in [-0.25, -0.2) is 4.68 Å². The molecule has 3 rings (SSSR count). The summed E-state index contributed by atoms with van der Waals surface area (Å²) in [5, 5.41) is 10.5. The zero-order valence-electron chi connectivity index (χ0n) is 17.3. The molecule has 0 atom stereocenters. The van der Waals surface area contributed by atoms with Crippen molar-refractivity contribution in [2.75, 3.05) is 13.1 Å². The Hall–Kier alpha value is -3.38. The number of benzene rings is 2. The minimum atomic E-state index is -0.261. The van der Waals surface area contributed by atoms with Crippen molar-refractivity contribution in [3.8, 4) is 0 Å². The van der Waals surface area contributed by atoms with Crippen molar-refractivity contribution in [1.82, 2.24) is 20.4 Å². The lowest BCUT2D eigenvalue weighted by Crippen LogP contribution is -2.34. The first-order chi connectivity index (χ1) is 15.0. The summed E-state index contributed by atoms with van der Waals surface area (Å²) in [5.74, 6) is -0.340. The Bertz CT molecular complexity index is 1050. The van der Waals surface area contributed by atoms with Crippen LogP contribution in [-0.4, -0.2) is 34.7 Å². The normalized spacial score (nSPS) is 10.9. The zero-order valence-corrected chi connectivity index (χ0v) is 18.1. The molecule has 0 spiro atoms. The molecule has 0 saturated heterocycles. The van der Waals surface area contributed by atoms with E-state index in [2.05, 4.69) is 15.7 Å². The molecular weight excluding hydrogens is 412 g/mol. The third-order valence-electron chi connectivity index (χ3n) is 4.64. The van der Waals surface area contributed by atoms with E-state index in [0.717, 1.165) is 16.8 Å². The Labute approximate surface area is 186 Å². The average Bonchev–Trinajstić information content (AvgIpc) is 3.03. The second-order valence-corrected chi connectivity index (χ2v) is 7.43. The number of nitrogens with one attached hydrogen (secondary N) is 2. The number of carbonyl (C=O) groups is 2. The summed E-state index contributed by atoms with van der Waals surface area (Å²) in [6.45, 7) is 3.11. The Morgan fingerprint density at radius 1 is 0.968 bits per heavy atom. The van der Waals surface area contributed by atoms with Crippen LogP contribution in [0.15, 0.2) is 66.7 Å². The fourth-order valence-electron chi connectivity index (χ4n) is 3.07. The highest BCUT2D eigenvalue weighted by Gasteiger charge is 2.11. The number of hydrogen-bond acceptors (Lipinski definition) is 3. The lowest BCUT2D eigenvalue weighted by molar-refractivity contribution is -0.121. The van der Waals surface area contributed by atoms with E-state index in [1.165, 1.54) is 6.08 Å². The predicted molar refractivity (Wildman–Crippen MR) is 123 cm³/mol. The van der Waals surface area contributed by atoms with Gasteiger partial charge in [-0.1, -0.05) is 72.3 Å². The fourth-order valence-corrected chi connectivity index (χ4v) is 3.36. The van der Waals surface area contributed by atoms with E-state index in [0.29, 0.717) is 36.8 Å². The Kier molecular flexibility index (Phi) is 8.01. The van der Waals surface area contributed by atoms with Crippen LogP contribution >= 0.6 is 11.6 Å². The summed E-state index contributed by atoms with van der Waals surface area (Å²) in [7, 11) is 0. The van der Waals surface area contributed by atoms with Gasteiger partial charge in [-0.2, -0.15) is 5.10 Å². The lowest BCUT2D eigenvalue weighted by Gasteiger charge is -2.06. The van der Waals surface area contributed by atoms with Crippen LogP contribution in [0.3, 0.4) is 0 Å². The summed E-state index contributed by atoms with van der Waals surface area (Å²) in [6.07, 6.45) is 3.41. The molecule has 6 nitrogen and oxygen atoms in total. The molecule has 3 aromatic rings. The molecule has 0 bridgehead atoms. The predicted octanol–water partition coefficient (Wildman–Crippen LogP) is 3.38. The van der Waals surface area contributed by atoms with E-state index < -0.39 is 0 Å². The summed E-state index contributed by atoms with van der Waals surface area (Å²) in [6, 6.07) is 19.4. The topological polar surface area (TPSA) is 76.0 Å². The molecule has 0 fully saturated rings. The van der Waals surface area contributed by atoms with Crippen molar-refractivity contribution in [2.24, 2.45) is 0 Å². The van der Waals surface area contributed by atoms with E-state index >= 15 is 0 Å². The lowest BCUT2D eigenvalue weighted by atomic mass is 10.1. The minimum absolute atomic E-state index is 0.0794.